The van der Waals surface area contributed by atoms with Crippen molar-refractivity contribution in [3.63, 3.8) is 0 Å². The Morgan fingerprint density at radius 3 is 2.67 bits per heavy atom. The first-order valence-corrected chi connectivity index (χ1v) is 11.0. The van der Waals surface area contributed by atoms with E-state index in [0.717, 1.165) is 17.4 Å². The first-order chi connectivity index (χ1) is 13.0. The van der Waals surface area contributed by atoms with Gasteiger partial charge in [-0.15, -0.1) is 0 Å². The summed E-state index contributed by atoms with van der Waals surface area (Å²) in [6.07, 6.45) is 4.69. The average Bonchev–Trinajstić information content (AvgIpc) is 2.96. The van der Waals surface area contributed by atoms with E-state index in [1.165, 1.54) is 37.1 Å². The van der Waals surface area contributed by atoms with Gasteiger partial charge in [0.15, 0.2) is 0 Å². The number of aromatic hydroxyl groups is 1. The highest BCUT2D eigenvalue weighted by molar-refractivity contribution is 5.84. The lowest BCUT2D eigenvalue weighted by Crippen LogP contribution is -2.53. The molecule has 0 aliphatic carbocycles. The number of rotatable bonds is 3. The first-order valence-electron chi connectivity index (χ1n) is 11.0. The predicted molar refractivity (Wildman–Crippen MR) is 113 cm³/mol. The molecule has 2 aromatic rings. The second-order valence-corrected chi connectivity index (χ2v) is 8.65. The molecule has 27 heavy (non-hydrogen) atoms. The van der Waals surface area contributed by atoms with E-state index in [1.54, 1.807) is 6.07 Å². The number of fused-ring (bicyclic) bond motifs is 6. The molecule has 2 aliphatic rings. The molecule has 3 heterocycles. The van der Waals surface area contributed by atoms with Crippen molar-refractivity contribution in [1.29, 1.82) is 0 Å². The van der Waals surface area contributed by atoms with Gasteiger partial charge in [0.1, 0.15) is 17.1 Å². The summed E-state index contributed by atoms with van der Waals surface area (Å²) in [4.78, 5) is 2.80. The molecular formula is C24H37NO2. The Morgan fingerprint density at radius 2 is 2.00 bits per heavy atom. The van der Waals surface area contributed by atoms with Crippen LogP contribution in [0.25, 0.3) is 11.0 Å². The molecule has 0 saturated carbocycles. The van der Waals surface area contributed by atoms with Crippen molar-refractivity contribution in [3.8, 4) is 5.75 Å². The smallest absolute Gasteiger partial charge is 0.134 e. The molecule has 0 amide bonds. The zero-order valence-electron chi connectivity index (χ0n) is 18.0. The van der Waals surface area contributed by atoms with E-state index < -0.39 is 0 Å². The fourth-order valence-corrected chi connectivity index (χ4v) is 5.48. The molecule has 150 valence electrons. The lowest BCUT2D eigenvalue weighted by atomic mass is 9.77. The molecule has 2 aliphatic heterocycles. The average molecular weight is 372 g/mol. The second-order valence-electron chi connectivity index (χ2n) is 8.65. The minimum Gasteiger partial charge on any atom is -0.508 e. The van der Waals surface area contributed by atoms with Gasteiger partial charge in [-0.2, -0.15) is 0 Å². The summed E-state index contributed by atoms with van der Waals surface area (Å²) in [6.45, 7) is 14.6. The van der Waals surface area contributed by atoms with Crippen molar-refractivity contribution in [2.75, 3.05) is 6.54 Å². The van der Waals surface area contributed by atoms with Crippen LogP contribution in [0.4, 0.5) is 0 Å². The molecule has 5 atom stereocenters. The number of piperidine rings is 1. The van der Waals surface area contributed by atoms with Crippen LogP contribution in [0.3, 0.4) is 0 Å². The van der Waals surface area contributed by atoms with Gasteiger partial charge >= 0.3 is 0 Å². The molecule has 1 fully saturated rings. The lowest BCUT2D eigenvalue weighted by Gasteiger charge is -2.47. The Bertz CT molecular complexity index is 763. The predicted octanol–water partition coefficient (Wildman–Crippen LogP) is 6.34. The molecule has 3 nitrogen and oxygen atoms in total. The minimum atomic E-state index is 0.337. The van der Waals surface area contributed by atoms with Crippen LogP contribution in [0.15, 0.2) is 22.6 Å². The van der Waals surface area contributed by atoms with Crippen molar-refractivity contribution in [2.24, 2.45) is 11.8 Å². The van der Waals surface area contributed by atoms with Gasteiger partial charge in [-0.05, 0) is 49.3 Å². The van der Waals surface area contributed by atoms with Crippen LogP contribution in [-0.4, -0.2) is 28.6 Å². The maximum Gasteiger partial charge on any atom is 0.134 e. The molecule has 1 aromatic heterocycles. The van der Waals surface area contributed by atoms with Gasteiger partial charge in [-0.25, -0.2) is 0 Å². The quantitative estimate of drug-likeness (QED) is 0.684. The molecule has 1 aromatic carbocycles. The molecule has 3 heteroatoms. The summed E-state index contributed by atoms with van der Waals surface area (Å²) in [5.74, 6) is 3.32. The molecule has 0 spiro atoms. The Labute approximate surface area is 164 Å². The summed E-state index contributed by atoms with van der Waals surface area (Å²) in [7, 11) is 0. The highest BCUT2D eigenvalue weighted by atomic mass is 16.3. The van der Waals surface area contributed by atoms with Gasteiger partial charge in [0.25, 0.3) is 0 Å². The van der Waals surface area contributed by atoms with E-state index in [-0.39, 0.29) is 0 Å². The topological polar surface area (TPSA) is 36.6 Å². The Balaban J connectivity index is 0.00000102. The largest absolute Gasteiger partial charge is 0.508 e. The standard InChI is InChI=1S/C22H31NO2.C2H6/c1-5-6-15-10-18-17-11-16(24)7-8-20(17)25-22(18)19-9-14(4)12-23(15)21(19)13(2)3;1-2/h7-8,11,13-15,19,21,24H,5-6,9-10,12H2,1-4H3;1-2H3. The van der Waals surface area contributed by atoms with Gasteiger partial charge in [-0.1, -0.05) is 48.0 Å². The number of phenols is 1. The number of benzene rings is 1. The number of nitrogens with zero attached hydrogens (tertiary/aromatic N) is 1. The van der Waals surface area contributed by atoms with Crippen LogP contribution in [-0.2, 0) is 6.42 Å². The SMILES string of the molecule is CC.CCCC1Cc2c(oc3ccc(O)cc23)C2CC(C)CN1C2C(C)C. The van der Waals surface area contributed by atoms with Gasteiger partial charge in [0, 0.05) is 35.5 Å². The van der Waals surface area contributed by atoms with Crippen LogP contribution in [0.5, 0.6) is 5.75 Å². The van der Waals surface area contributed by atoms with Crippen LogP contribution in [0, 0.1) is 11.8 Å². The van der Waals surface area contributed by atoms with Crippen molar-refractivity contribution in [2.45, 2.75) is 85.2 Å². The summed E-state index contributed by atoms with van der Waals surface area (Å²) < 4.78 is 6.43. The maximum absolute atomic E-state index is 10.0. The third kappa shape index (κ3) is 3.63. The Kier molecular flexibility index (Phi) is 6.20. The zero-order valence-corrected chi connectivity index (χ0v) is 18.0. The van der Waals surface area contributed by atoms with Crippen LogP contribution in [0.2, 0.25) is 0 Å². The third-order valence-electron chi connectivity index (χ3n) is 6.33. The third-order valence-corrected chi connectivity index (χ3v) is 6.33. The van der Waals surface area contributed by atoms with Crippen molar-refractivity contribution in [3.05, 3.63) is 29.5 Å². The van der Waals surface area contributed by atoms with Gasteiger partial charge in [0.05, 0.1) is 0 Å². The highest BCUT2D eigenvalue weighted by Gasteiger charge is 2.45. The summed E-state index contributed by atoms with van der Waals surface area (Å²) in [5, 5.41) is 11.1. The fourth-order valence-electron chi connectivity index (χ4n) is 5.48. The van der Waals surface area contributed by atoms with E-state index in [9.17, 15) is 5.11 Å². The lowest BCUT2D eigenvalue weighted by molar-refractivity contribution is 0.0242. The molecular weight excluding hydrogens is 334 g/mol. The van der Waals surface area contributed by atoms with Crippen LogP contribution < -0.4 is 0 Å². The highest BCUT2D eigenvalue weighted by Crippen LogP contribution is 2.47. The number of furan rings is 1. The van der Waals surface area contributed by atoms with Crippen molar-refractivity contribution < 1.29 is 9.52 Å². The van der Waals surface area contributed by atoms with Crippen molar-refractivity contribution in [1.82, 2.24) is 4.90 Å². The van der Waals surface area contributed by atoms with Crippen LogP contribution in [0.1, 0.15) is 78.0 Å². The fraction of sp³-hybridized carbons (Fsp3) is 0.667. The molecule has 5 unspecified atom stereocenters. The number of phenolic OH excluding ortho intramolecular Hbond substituents is 1. The molecule has 2 bridgehead atoms. The second kappa shape index (κ2) is 8.26. The van der Waals surface area contributed by atoms with Crippen molar-refractivity contribution >= 4 is 11.0 Å². The van der Waals surface area contributed by atoms with E-state index in [4.69, 9.17) is 4.42 Å². The Hall–Kier alpha value is -1.48. The maximum atomic E-state index is 10.0. The monoisotopic (exact) mass is 371 g/mol. The summed E-state index contributed by atoms with van der Waals surface area (Å²) in [5.41, 5.74) is 2.30. The van der Waals surface area contributed by atoms with E-state index in [2.05, 4.69) is 32.6 Å². The van der Waals surface area contributed by atoms with Gasteiger partial charge in [-0.3, -0.25) is 4.90 Å². The van der Waals surface area contributed by atoms with Gasteiger partial charge < -0.3 is 9.52 Å². The zero-order chi connectivity index (χ0) is 19.7. The molecule has 0 radical (unpaired) electrons. The molecule has 4 rings (SSSR count). The van der Waals surface area contributed by atoms with Crippen LogP contribution >= 0.6 is 0 Å². The minimum absolute atomic E-state index is 0.337. The van der Waals surface area contributed by atoms with E-state index >= 15 is 0 Å². The van der Waals surface area contributed by atoms with E-state index in [0.29, 0.717) is 35.6 Å². The summed E-state index contributed by atoms with van der Waals surface area (Å²) >= 11 is 0. The normalized spacial score (nSPS) is 29.8. The molecule has 1 saturated heterocycles. The summed E-state index contributed by atoms with van der Waals surface area (Å²) in [6, 6.07) is 6.71. The Morgan fingerprint density at radius 1 is 1.26 bits per heavy atom. The molecule has 1 N–H and O–H groups in total. The first kappa shape index (κ1) is 20.3. The number of hydrogen-bond donors (Lipinski definition) is 1. The van der Waals surface area contributed by atoms with Gasteiger partial charge in [0.2, 0.25) is 0 Å². The van der Waals surface area contributed by atoms with E-state index in [1.807, 2.05) is 26.0 Å². The number of hydrogen-bond acceptors (Lipinski definition) is 3.